The second-order valence-electron chi connectivity index (χ2n) is 3.59. The highest BCUT2D eigenvalue weighted by Crippen LogP contribution is 2.33. The van der Waals surface area contributed by atoms with E-state index in [1.165, 1.54) is 0 Å². The Hall–Kier alpha value is -1.46. The lowest BCUT2D eigenvalue weighted by atomic mass is 10.2. The molecule has 3 rings (SSSR count). The third-order valence-corrected chi connectivity index (χ3v) is 3.99. The maximum Gasteiger partial charge on any atom is 0.126 e. The molecule has 0 aliphatic carbocycles. The zero-order valence-corrected chi connectivity index (χ0v) is 11.1. The summed E-state index contributed by atoms with van der Waals surface area (Å²) in [6.07, 6.45) is 3.38. The average Bonchev–Trinajstić information content (AvgIpc) is 2.72. The van der Waals surface area contributed by atoms with Gasteiger partial charge in [0.2, 0.25) is 0 Å². The third kappa shape index (κ3) is 1.92. The van der Waals surface area contributed by atoms with Crippen molar-refractivity contribution in [1.29, 1.82) is 0 Å². The predicted molar refractivity (Wildman–Crippen MR) is 75.0 cm³/mol. The van der Waals surface area contributed by atoms with Crippen LogP contribution in [0.1, 0.15) is 0 Å². The number of nitrogens with zero attached hydrogens (tertiary/aromatic N) is 2. The molecule has 0 atom stereocenters. The number of thiazole rings is 1. The van der Waals surface area contributed by atoms with E-state index in [0.717, 1.165) is 25.3 Å². The van der Waals surface area contributed by atoms with Gasteiger partial charge in [-0.05, 0) is 24.3 Å². The second kappa shape index (κ2) is 4.09. The van der Waals surface area contributed by atoms with Crippen LogP contribution in [0.25, 0.3) is 20.8 Å². The topological polar surface area (TPSA) is 51.8 Å². The summed E-state index contributed by atoms with van der Waals surface area (Å²) in [4.78, 5) is 8.57. The molecule has 17 heavy (non-hydrogen) atoms. The van der Waals surface area contributed by atoms with Gasteiger partial charge in [0.15, 0.2) is 0 Å². The van der Waals surface area contributed by atoms with Crippen LogP contribution in [0.2, 0.25) is 0 Å². The van der Waals surface area contributed by atoms with Gasteiger partial charge in [0.05, 0.1) is 22.1 Å². The van der Waals surface area contributed by atoms with Gasteiger partial charge < -0.3 is 5.73 Å². The molecular weight excluding hydrogens is 298 g/mol. The number of hydrogen-bond donors (Lipinski definition) is 1. The molecule has 0 radical (unpaired) electrons. The highest BCUT2D eigenvalue weighted by molar-refractivity contribution is 9.10. The van der Waals surface area contributed by atoms with Crippen molar-refractivity contribution in [2.45, 2.75) is 0 Å². The van der Waals surface area contributed by atoms with Crippen LogP contribution in [0.15, 0.2) is 41.1 Å². The number of anilines is 1. The lowest BCUT2D eigenvalue weighted by molar-refractivity contribution is 1.33. The number of rotatable bonds is 1. The monoisotopic (exact) mass is 305 g/mol. The molecule has 0 aliphatic rings. The molecule has 84 valence electrons. The predicted octanol–water partition coefficient (Wildman–Crippen LogP) is 3.70. The highest BCUT2D eigenvalue weighted by Gasteiger charge is 2.08. The molecule has 2 N–H and O–H groups in total. The number of aromatic nitrogens is 2. The smallest absolute Gasteiger partial charge is 0.126 e. The second-order valence-corrected chi connectivity index (χ2v) is 5.54. The first kappa shape index (κ1) is 10.7. The Morgan fingerprint density at radius 3 is 2.94 bits per heavy atom. The fraction of sp³-hybridized carbons (Fsp3) is 0. The summed E-state index contributed by atoms with van der Waals surface area (Å²) < 4.78 is 2.18. The maximum atomic E-state index is 5.90. The standard InChI is InChI=1S/C12H8BrN3S/c13-7-1-2-11-10(5-7)16-12(17-11)8-3-4-15-6-9(8)14/h1-6H,14H2. The number of benzene rings is 1. The Morgan fingerprint density at radius 1 is 1.24 bits per heavy atom. The van der Waals surface area contributed by atoms with Gasteiger partial charge in [0, 0.05) is 16.2 Å². The van der Waals surface area contributed by atoms with Crippen molar-refractivity contribution in [2.24, 2.45) is 0 Å². The fourth-order valence-corrected chi connectivity index (χ4v) is 2.96. The van der Waals surface area contributed by atoms with Crippen molar-refractivity contribution in [3.63, 3.8) is 0 Å². The molecule has 0 saturated carbocycles. The van der Waals surface area contributed by atoms with Crippen molar-refractivity contribution < 1.29 is 0 Å². The van der Waals surface area contributed by atoms with Gasteiger partial charge in [-0.2, -0.15) is 0 Å². The summed E-state index contributed by atoms with van der Waals surface area (Å²) >= 11 is 5.08. The minimum absolute atomic E-state index is 0.658. The van der Waals surface area contributed by atoms with E-state index < -0.39 is 0 Å². The van der Waals surface area contributed by atoms with Crippen LogP contribution in [0.4, 0.5) is 5.69 Å². The summed E-state index contributed by atoms with van der Waals surface area (Å²) in [7, 11) is 0. The molecule has 0 fully saturated rings. The highest BCUT2D eigenvalue weighted by atomic mass is 79.9. The molecule has 5 heteroatoms. The molecule has 1 aromatic carbocycles. The molecule has 0 spiro atoms. The van der Waals surface area contributed by atoms with E-state index in [4.69, 9.17) is 5.73 Å². The molecule has 0 amide bonds. The minimum atomic E-state index is 0.658. The molecule has 2 aromatic heterocycles. The molecule has 2 heterocycles. The van der Waals surface area contributed by atoms with Crippen LogP contribution in [0, 0.1) is 0 Å². The van der Waals surface area contributed by atoms with Gasteiger partial charge in [-0.15, -0.1) is 11.3 Å². The average molecular weight is 306 g/mol. The van der Waals surface area contributed by atoms with Crippen LogP contribution in [0.3, 0.4) is 0 Å². The number of nitrogen functional groups attached to an aromatic ring is 1. The maximum absolute atomic E-state index is 5.90. The van der Waals surface area contributed by atoms with Gasteiger partial charge in [0.25, 0.3) is 0 Å². The number of halogens is 1. The third-order valence-electron chi connectivity index (χ3n) is 2.43. The van der Waals surface area contributed by atoms with E-state index >= 15 is 0 Å². The van der Waals surface area contributed by atoms with Crippen LogP contribution in [-0.4, -0.2) is 9.97 Å². The molecule has 0 aliphatic heterocycles. The Balaban J connectivity index is 2.22. The minimum Gasteiger partial charge on any atom is -0.397 e. The number of nitrogens with two attached hydrogens (primary N) is 1. The molecule has 3 nitrogen and oxygen atoms in total. The fourth-order valence-electron chi connectivity index (χ4n) is 1.62. The van der Waals surface area contributed by atoms with Gasteiger partial charge in [-0.25, -0.2) is 4.98 Å². The number of hydrogen-bond acceptors (Lipinski definition) is 4. The van der Waals surface area contributed by atoms with E-state index in [2.05, 4.69) is 32.0 Å². The van der Waals surface area contributed by atoms with Crippen molar-refractivity contribution in [2.75, 3.05) is 5.73 Å². The van der Waals surface area contributed by atoms with Crippen LogP contribution < -0.4 is 5.73 Å². The molecule has 0 bridgehead atoms. The van der Waals surface area contributed by atoms with E-state index in [1.54, 1.807) is 23.7 Å². The normalized spacial score (nSPS) is 10.9. The Bertz CT molecular complexity index is 693. The van der Waals surface area contributed by atoms with E-state index in [1.807, 2.05) is 18.2 Å². The summed E-state index contributed by atoms with van der Waals surface area (Å²) in [5, 5.41) is 0.929. The van der Waals surface area contributed by atoms with Gasteiger partial charge in [0.1, 0.15) is 5.01 Å². The first-order valence-corrected chi connectivity index (χ1v) is 6.61. The van der Waals surface area contributed by atoms with Crippen LogP contribution >= 0.6 is 27.3 Å². The summed E-state index contributed by atoms with van der Waals surface area (Å²) in [5.41, 5.74) is 8.48. The van der Waals surface area contributed by atoms with Crippen molar-refractivity contribution >= 4 is 43.2 Å². The van der Waals surface area contributed by atoms with Gasteiger partial charge >= 0.3 is 0 Å². The van der Waals surface area contributed by atoms with Crippen LogP contribution in [0.5, 0.6) is 0 Å². The first-order valence-electron chi connectivity index (χ1n) is 5.00. The molecule has 0 unspecified atom stereocenters. The lowest BCUT2D eigenvalue weighted by Gasteiger charge is -1.98. The van der Waals surface area contributed by atoms with Gasteiger partial charge in [-0.1, -0.05) is 15.9 Å². The zero-order valence-electron chi connectivity index (χ0n) is 8.72. The quantitative estimate of drug-likeness (QED) is 0.746. The zero-order chi connectivity index (χ0) is 11.8. The van der Waals surface area contributed by atoms with Crippen LogP contribution in [-0.2, 0) is 0 Å². The van der Waals surface area contributed by atoms with Crippen molar-refractivity contribution in [3.05, 3.63) is 41.1 Å². The summed E-state index contributed by atoms with van der Waals surface area (Å²) in [5.74, 6) is 0. The lowest BCUT2D eigenvalue weighted by Crippen LogP contribution is -1.89. The largest absolute Gasteiger partial charge is 0.397 e. The van der Waals surface area contributed by atoms with E-state index in [9.17, 15) is 0 Å². The van der Waals surface area contributed by atoms with Crippen molar-refractivity contribution in [3.8, 4) is 10.6 Å². The first-order chi connectivity index (χ1) is 8.24. The molecule has 0 saturated heterocycles. The Labute approximate surface area is 110 Å². The summed E-state index contributed by atoms with van der Waals surface area (Å²) in [6, 6.07) is 7.97. The molecule has 3 aromatic rings. The SMILES string of the molecule is Nc1cnccc1-c1nc2cc(Br)ccc2s1. The Kier molecular flexibility index (Phi) is 2.57. The Morgan fingerprint density at radius 2 is 2.12 bits per heavy atom. The molecular formula is C12H8BrN3S. The van der Waals surface area contributed by atoms with E-state index in [-0.39, 0.29) is 0 Å². The van der Waals surface area contributed by atoms with Crippen molar-refractivity contribution in [1.82, 2.24) is 9.97 Å². The van der Waals surface area contributed by atoms with E-state index in [0.29, 0.717) is 5.69 Å². The number of pyridine rings is 1. The van der Waals surface area contributed by atoms with Gasteiger partial charge in [-0.3, -0.25) is 4.98 Å². The number of fused-ring (bicyclic) bond motifs is 1. The summed E-state index contributed by atoms with van der Waals surface area (Å²) in [6.45, 7) is 0.